The highest BCUT2D eigenvalue weighted by molar-refractivity contribution is 9.10. The second-order valence-electron chi connectivity index (χ2n) is 9.25. The van der Waals surface area contributed by atoms with Crippen molar-refractivity contribution in [3.63, 3.8) is 0 Å². The second kappa shape index (κ2) is 12.0. The number of ether oxygens (including phenoxy) is 2. The van der Waals surface area contributed by atoms with Crippen molar-refractivity contribution in [3.05, 3.63) is 85.5 Å². The molecule has 0 unspecified atom stereocenters. The van der Waals surface area contributed by atoms with Gasteiger partial charge in [-0.15, -0.1) is 11.3 Å². The van der Waals surface area contributed by atoms with Crippen molar-refractivity contribution >= 4 is 50.7 Å². The van der Waals surface area contributed by atoms with Crippen LogP contribution in [0.5, 0.6) is 5.75 Å². The van der Waals surface area contributed by atoms with Gasteiger partial charge in [-0.2, -0.15) is 0 Å². The van der Waals surface area contributed by atoms with Crippen molar-refractivity contribution in [3.8, 4) is 5.75 Å². The largest absolute Gasteiger partial charge is 0.491 e. The van der Waals surface area contributed by atoms with Crippen molar-refractivity contribution in [2.75, 3.05) is 32.8 Å². The van der Waals surface area contributed by atoms with E-state index in [-0.39, 0.29) is 30.5 Å². The zero-order chi connectivity index (χ0) is 25.8. The van der Waals surface area contributed by atoms with E-state index < -0.39 is 0 Å². The number of hydrogen-bond acceptors (Lipinski definition) is 5. The number of halogens is 2. The van der Waals surface area contributed by atoms with E-state index in [0.717, 1.165) is 29.3 Å². The summed E-state index contributed by atoms with van der Waals surface area (Å²) in [4.78, 5) is 32.1. The maximum absolute atomic E-state index is 13.8. The number of nitrogens with zero attached hydrogens (tertiary/aromatic N) is 2. The first kappa shape index (κ1) is 26.2. The predicted molar refractivity (Wildman–Crippen MR) is 148 cm³/mol. The van der Waals surface area contributed by atoms with Gasteiger partial charge < -0.3 is 19.3 Å². The molecule has 2 amide bonds. The molecular formula is C28H28BrClN2O4S. The fraction of sp³-hybridized carbons (Fsp3) is 0.357. The van der Waals surface area contributed by atoms with Gasteiger partial charge in [-0.25, -0.2) is 0 Å². The number of amides is 2. The maximum atomic E-state index is 13.8. The molecule has 3 aromatic rings. The third kappa shape index (κ3) is 6.37. The quantitative estimate of drug-likeness (QED) is 0.317. The summed E-state index contributed by atoms with van der Waals surface area (Å²) in [6, 6.07) is 16.3. The fourth-order valence-electron chi connectivity index (χ4n) is 4.89. The molecule has 9 heteroatoms. The molecule has 3 heterocycles. The standard InChI is InChI=1S/C28H28BrClN2O4S/c29-20-4-1-3-19(15-20)28(34)31(16-23-5-2-13-35-23)17-27(33)32-12-10-26-24(11-14-37-26)25(32)18-36-22-8-6-21(30)7-9-22/h1,3-4,6-9,11,14-15,23,25H,2,5,10,12-13,16-18H2/t23-,25+/m0/s1. The van der Waals surface area contributed by atoms with Gasteiger partial charge in [0.25, 0.3) is 5.91 Å². The van der Waals surface area contributed by atoms with Crippen LogP contribution in [0, 0.1) is 0 Å². The average molecular weight is 604 g/mol. The van der Waals surface area contributed by atoms with E-state index in [1.165, 1.54) is 4.88 Å². The minimum Gasteiger partial charge on any atom is -0.491 e. The van der Waals surface area contributed by atoms with E-state index in [1.807, 2.05) is 29.2 Å². The van der Waals surface area contributed by atoms with Crippen molar-refractivity contribution in [2.45, 2.75) is 31.4 Å². The van der Waals surface area contributed by atoms with Crippen LogP contribution in [0.1, 0.15) is 39.7 Å². The summed E-state index contributed by atoms with van der Waals surface area (Å²) >= 11 is 11.2. The Hall–Kier alpha value is -2.39. The fourth-order valence-corrected chi connectivity index (χ4v) is 6.35. The molecule has 37 heavy (non-hydrogen) atoms. The molecule has 0 N–H and O–H groups in total. The number of thiophene rings is 1. The highest BCUT2D eigenvalue weighted by atomic mass is 79.9. The molecule has 0 radical (unpaired) electrons. The molecule has 0 bridgehead atoms. The molecule has 2 aliphatic rings. The minimum absolute atomic E-state index is 0.0118. The van der Waals surface area contributed by atoms with Gasteiger partial charge in [0.1, 0.15) is 18.9 Å². The Morgan fingerprint density at radius 3 is 2.78 bits per heavy atom. The molecule has 1 fully saturated rings. The van der Waals surface area contributed by atoms with Crippen molar-refractivity contribution in [2.24, 2.45) is 0 Å². The Kier molecular flexibility index (Phi) is 8.49. The first-order valence-corrected chi connectivity index (χ1v) is 14.4. The summed E-state index contributed by atoms with van der Waals surface area (Å²) in [6.07, 6.45) is 2.59. The topological polar surface area (TPSA) is 59.1 Å². The van der Waals surface area contributed by atoms with Crippen LogP contribution in [-0.4, -0.2) is 60.6 Å². The molecule has 1 saturated heterocycles. The third-order valence-electron chi connectivity index (χ3n) is 6.77. The molecule has 2 atom stereocenters. The van der Waals surface area contributed by atoms with Gasteiger partial charge in [-0.1, -0.05) is 33.6 Å². The lowest BCUT2D eigenvalue weighted by molar-refractivity contribution is -0.135. The number of fused-ring (bicyclic) bond motifs is 1. The molecule has 2 aromatic carbocycles. The molecule has 0 saturated carbocycles. The number of rotatable bonds is 8. The predicted octanol–water partition coefficient (Wildman–Crippen LogP) is 5.99. The average Bonchev–Trinajstić information content (AvgIpc) is 3.59. The van der Waals surface area contributed by atoms with Gasteiger partial charge in [0.05, 0.1) is 12.1 Å². The number of carbonyl (C=O) groups is 2. The van der Waals surface area contributed by atoms with E-state index in [0.29, 0.717) is 42.6 Å². The lowest BCUT2D eigenvalue weighted by Crippen LogP contribution is -2.49. The smallest absolute Gasteiger partial charge is 0.254 e. The molecule has 2 aliphatic heterocycles. The van der Waals surface area contributed by atoms with Crippen LogP contribution in [0.4, 0.5) is 0 Å². The first-order valence-electron chi connectivity index (χ1n) is 12.4. The molecule has 194 valence electrons. The van der Waals surface area contributed by atoms with Gasteiger partial charge >= 0.3 is 0 Å². The van der Waals surface area contributed by atoms with E-state index >= 15 is 0 Å². The van der Waals surface area contributed by atoms with Crippen LogP contribution in [0.2, 0.25) is 5.02 Å². The van der Waals surface area contributed by atoms with Crippen LogP contribution in [0.25, 0.3) is 0 Å². The Bertz CT molecular complexity index is 1240. The third-order valence-corrected chi connectivity index (χ3v) is 8.51. The summed E-state index contributed by atoms with van der Waals surface area (Å²) in [7, 11) is 0. The van der Waals surface area contributed by atoms with Gasteiger partial charge in [0.2, 0.25) is 5.91 Å². The number of benzene rings is 2. The Labute approximate surface area is 234 Å². The molecular weight excluding hydrogens is 576 g/mol. The molecule has 0 aliphatic carbocycles. The highest BCUT2D eigenvalue weighted by Crippen LogP contribution is 2.34. The summed E-state index contributed by atoms with van der Waals surface area (Å²) in [6.45, 7) is 1.97. The first-order chi connectivity index (χ1) is 18.0. The number of hydrogen-bond donors (Lipinski definition) is 0. The zero-order valence-corrected chi connectivity index (χ0v) is 23.4. The summed E-state index contributed by atoms with van der Waals surface area (Å²) in [5, 5.41) is 2.71. The van der Waals surface area contributed by atoms with Gasteiger partial charge in [0, 0.05) is 39.6 Å². The summed E-state index contributed by atoms with van der Waals surface area (Å²) < 4.78 is 12.7. The molecule has 1 aromatic heterocycles. The summed E-state index contributed by atoms with van der Waals surface area (Å²) in [5.41, 5.74) is 1.66. The molecule has 0 spiro atoms. The lowest BCUT2D eigenvalue weighted by atomic mass is 10.00. The van der Waals surface area contributed by atoms with Crippen LogP contribution in [-0.2, 0) is 16.0 Å². The SMILES string of the molecule is O=C(c1cccc(Br)c1)N(CC(=O)N1CCc2sccc2[C@H]1COc1ccc(Cl)cc1)C[C@@H]1CCCO1. The van der Waals surface area contributed by atoms with Crippen LogP contribution in [0.15, 0.2) is 64.5 Å². The van der Waals surface area contributed by atoms with Crippen molar-refractivity contribution < 1.29 is 19.1 Å². The number of carbonyl (C=O) groups excluding carboxylic acids is 2. The minimum atomic E-state index is -0.233. The normalized spacial score (nSPS) is 18.9. The van der Waals surface area contributed by atoms with Crippen molar-refractivity contribution in [1.82, 2.24) is 9.80 Å². The van der Waals surface area contributed by atoms with Gasteiger partial charge in [-0.3, -0.25) is 9.59 Å². The highest BCUT2D eigenvalue weighted by Gasteiger charge is 2.34. The monoisotopic (exact) mass is 602 g/mol. The van der Waals surface area contributed by atoms with E-state index in [9.17, 15) is 9.59 Å². The van der Waals surface area contributed by atoms with Gasteiger partial charge in [0.15, 0.2) is 0 Å². The van der Waals surface area contributed by atoms with Gasteiger partial charge in [-0.05, 0) is 78.7 Å². The van der Waals surface area contributed by atoms with Crippen molar-refractivity contribution in [1.29, 1.82) is 0 Å². The van der Waals surface area contributed by atoms with E-state index in [4.69, 9.17) is 21.1 Å². The molecule has 6 nitrogen and oxygen atoms in total. The zero-order valence-electron chi connectivity index (χ0n) is 20.3. The Morgan fingerprint density at radius 1 is 1.19 bits per heavy atom. The van der Waals surface area contributed by atoms with E-state index in [1.54, 1.807) is 40.5 Å². The second-order valence-corrected chi connectivity index (χ2v) is 11.6. The van der Waals surface area contributed by atoms with E-state index in [2.05, 4.69) is 27.4 Å². The molecule has 5 rings (SSSR count). The maximum Gasteiger partial charge on any atom is 0.254 e. The lowest BCUT2D eigenvalue weighted by Gasteiger charge is -2.37. The van der Waals surface area contributed by atoms with Crippen LogP contribution >= 0.6 is 38.9 Å². The van der Waals surface area contributed by atoms with Crippen LogP contribution < -0.4 is 4.74 Å². The Morgan fingerprint density at radius 2 is 2.03 bits per heavy atom. The Balaban J connectivity index is 1.35. The van der Waals surface area contributed by atoms with Crippen LogP contribution in [0.3, 0.4) is 0 Å². The summed E-state index contributed by atoms with van der Waals surface area (Å²) in [5.74, 6) is 0.430.